The molecular formula is C20H27NO6. The zero-order valence-corrected chi connectivity index (χ0v) is 16.1. The first-order valence-corrected chi connectivity index (χ1v) is 9.19. The molecule has 0 radical (unpaired) electrons. The number of esters is 2. The zero-order valence-electron chi connectivity index (χ0n) is 16.1. The molecule has 0 N–H and O–H groups in total. The lowest BCUT2D eigenvalue weighted by atomic mass is 9.83. The average Bonchev–Trinajstić information content (AvgIpc) is 2.70. The van der Waals surface area contributed by atoms with Crippen LogP contribution in [0.1, 0.15) is 44.2 Å². The molecule has 1 fully saturated rings. The van der Waals surface area contributed by atoms with Gasteiger partial charge >= 0.3 is 11.9 Å². The highest BCUT2D eigenvalue weighted by Gasteiger charge is 2.42. The molecule has 1 aromatic carbocycles. The van der Waals surface area contributed by atoms with Crippen molar-refractivity contribution in [2.24, 2.45) is 5.92 Å². The van der Waals surface area contributed by atoms with Gasteiger partial charge in [-0.1, -0.05) is 31.5 Å². The van der Waals surface area contributed by atoms with Crippen LogP contribution in [0.3, 0.4) is 0 Å². The fourth-order valence-electron chi connectivity index (χ4n) is 3.38. The van der Waals surface area contributed by atoms with E-state index in [1.165, 1.54) is 7.11 Å². The molecule has 0 saturated carbocycles. The van der Waals surface area contributed by atoms with Crippen LogP contribution in [0.4, 0.5) is 0 Å². The van der Waals surface area contributed by atoms with Crippen molar-refractivity contribution in [2.45, 2.75) is 38.6 Å². The predicted octanol–water partition coefficient (Wildman–Crippen LogP) is 2.49. The molecule has 148 valence electrons. The Hall–Kier alpha value is -2.57. The van der Waals surface area contributed by atoms with E-state index in [1.807, 2.05) is 24.3 Å². The van der Waals surface area contributed by atoms with Crippen LogP contribution in [-0.2, 0) is 23.9 Å². The molecule has 7 nitrogen and oxygen atoms in total. The molecule has 1 amide bonds. The van der Waals surface area contributed by atoms with Gasteiger partial charge < -0.3 is 19.1 Å². The molecule has 0 bridgehead atoms. The van der Waals surface area contributed by atoms with Crippen molar-refractivity contribution in [1.82, 2.24) is 4.90 Å². The fourth-order valence-corrected chi connectivity index (χ4v) is 3.38. The average molecular weight is 377 g/mol. The molecule has 0 spiro atoms. The third-order valence-electron chi connectivity index (χ3n) is 4.78. The van der Waals surface area contributed by atoms with Gasteiger partial charge in [0.1, 0.15) is 5.75 Å². The maximum absolute atomic E-state index is 12.7. The first-order chi connectivity index (χ1) is 13.0. The highest BCUT2D eigenvalue weighted by molar-refractivity contribution is 5.83. The number of hydrogen-bond acceptors (Lipinski definition) is 6. The number of unbranched alkanes of at least 4 members (excludes halogenated alkanes) is 1. The SMILES string of the molecule is CCCCN1C(=O)CCC(C(=O)OCC(=O)OC)C1c1ccccc1OC. The van der Waals surface area contributed by atoms with E-state index in [1.54, 1.807) is 12.0 Å². The fraction of sp³-hybridized carbons (Fsp3) is 0.550. The second-order valence-corrected chi connectivity index (χ2v) is 6.46. The molecule has 1 aromatic rings. The van der Waals surface area contributed by atoms with Gasteiger partial charge in [0, 0.05) is 18.5 Å². The third-order valence-corrected chi connectivity index (χ3v) is 4.78. The summed E-state index contributed by atoms with van der Waals surface area (Å²) in [5.74, 6) is -1.07. The topological polar surface area (TPSA) is 82.1 Å². The van der Waals surface area contributed by atoms with E-state index in [2.05, 4.69) is 11.7 Å². The van der Waals surface area contributed by atoms with Crippen molar-refractivity contribution < 1.29 is 28.6 Å². The summed E-state index contributed by atoms with van der Waals surface area (Å²) in [6.45, 7) is 2.17. The van der Waals surface area contributed by atoms with E-state index in [0.717, 1.165) is 18.4 Å². The second-order valence-electron chi connectivity index (χ2n) is 6.46. The van der Waals surface area contributed by atoms with E-state index in [0.29, 0.717) is 18.7 Å². The molecule has 27 heavy (non-hydrogen) atoms. The number of para-hydroxylation sites is 1. The van der Waals surface area contributed by atoms with Crippen LogP contribution >= 0.6 is 0 Å². The van der Waals surface area contributed by atoms with Crippen molar-refractivity contribution in [3.05, 3.63) is 29.8 Å². The van der Waals surface area contributed by atoms with Gasteiger partial charge in [-0.25, -0.2) is 4.79 Å². The van der Waals surface area contributed by atoms with Crippen LogP contribution in [0.15, 0.2) is 24.3 Å². The summed E-state index contributed by atoms with van der Waals surface area (Å²) in [6.07, 6.45) is 2.40. The van der Waals surface area contributed by atoms with Crippen molar-refractivity contribution in [1.29, 1.82) is 0 Å². The number of amides is 1. The summed E-state index contributed by atoms with van der Waals surface area (Å²) in [7, 11) is 2.80. The molecule has 1 aliphatic heterocycles. The van der Waals surface area contributed by atoms with Gasteiger partial charge in [-0.05, 0) is 18.9 Å². The van der Waals surface area contributed by atoms with Crippen molar-refractivity contribution in [3.63, 3.8) is 0 Å². The monoisotopic (exact) mass is 377 g/mol. The number of carbonyl (C=O) groups excluding carboxylic acids is 3. The maximum atomic E-state index is 12.7. The van der Waals surface area contributed by atoms with E-state index >= 15 is 0 Å². The first kappa shape index (κ1) is 20.7. The van der Waals surface area contributed by atoms with E-state index in [9.17, 15) is 14.4 Å². The molecule has 0 aromatic heterocycles. The molecule has 2 rings (SSSR count). The Kier molecular flexibility index (Phi) is 7.64. The summed E-state index contributed by atoms with van der Waals surface area (Å²) in [5.41, 5.74) is 0.768. The number of piperidine rings is 1. The van der Waals surface area contributed by atoms with Crippen molar-refractivity contribution in [2.75, 3.05) is 27.4 Å². The molecule has 7 heteroatoms. The number of likely N-dealkylation sites (tertiary alicyclic amines) is 1. The summed E-state index contributed by atoms with van der Waals surface area (Å²) in [6, 6.07) is 6.88. The third kappa shape index (κ3) is 4.99. The lowest BCUT2D eigenvalue weighted by molar-refractivity contribution is -0.164. The Morgan fingerprint density at radius 3 is 2.63 bits per heavy atom. The lowest BCUT2D eigenvalue weighted by Crippen LogP contribution is -2.46. The summed E-state index contributed by atoms with van der Waals surface area (Å²) in [5, 5.41) is 0. The summed E-state index contributed by atoms with van der Waals surface area (Å²) < 4.78 is 15.1. The number of benzene rings is 1. The molecule has 2 unspecified atom stereocenters. The van der Waals surface area contributed by atoms with Crippen LogP contribution < -0.4 is 4.74 Å². The van der Waals surface area contributed by atoms with E-state index < -0.39 is 30.5 Å². The van der Waals surface area contributed by atoms with Crippen LogP contribution in [-0.4, -0.2) is 50.1 Å². The van der Waals surface area contributed by atoms with Crippen LogP contribution in [0.2, 0.25) is 0 Å². The minimum Gasteiger partial charge on any atom is -0.496 e. The molecule has 0 aliphatic carbocycles. The van der Waals surface area contributed by atoms with Gasteiger partial charge in [-0.3, -0.25) is 9.59 Å². The Bertz CT molecular complexity index is 674. The zero-order chi connectivity index (χ0) is 19.8. The van der Waals surface area contributed by atoms with Gasteiger partial charge in [-0.2, -0.15) is 0 Å². The van der Waals surface area contributed by atoms with Gasteiger partial charge in [0.25, 0.3) is 0 Å². The van der Waals surface area contributed by atoms with Gasteiger partial charge in [0.05, 0.1) is 26.2 Å². The summed E-state index contributed by atoms with van der Waals surface area (Å²) in [4.78, 5) is 38.4. The minimum absolute atomic E-state index is 0.0105. The first-order valence-electron chi connectivity index (χ1n) is 9.19. The van der Waals surface area contributed by atoms with Gasteiger partial charge in [0.2, 0.25) is 5.91 Å². The number of nitrogens with zero attached hydrogens (tertiary/aromatic N) is 1. The van der Waals surface area contributed by atoms with Crippen molar-refractivity contribution in [3.8, 4) is 5.75 Å². The van der Waals surface area contributed by atoms with Crippen LogP contribution in [0, 0.1) is 5.92 Å². The highest BCUT2D eigenvalue weighted by atomic mass is 16.6. The second kappa shape index (κ2) is 9.94. The molecule has 2 atom stereocenters. The van der Waals surface area contributed by atoms with E-state index in [-0.39, 0.29) is 12.3 Å². The Morgan fingerprint density at radius 2 is 1.96 bits per heavy atom. The Labute approximate surface area is 159 Å². The summed E-state index contributed by atoms with van der Waals surface area (Å²) >= 11 is 0. The smallest absolute Gasteiger partial charge is 0.344 e. The van der Waals surface area contributed by atoms with Gasteiger partial charge in [0.15, 0.2) is 6.61 Å². The molecule has 1 saturated heterocycles. The number of rotatable bonds is 8. The number of methoxy groups -OCH3 is 2. The quantitative estimate of drug-likeness (QED) is 0.648. The van der Waals surface area contributed by atoms with Crippen LogP contribution in [0.5, 0.6) is 5.75 Å². The largest absolute Gasteiger partial charge is 0.496 e. The Balaban J connectivity index is 2.36. The van der Waals surface area contributed by atoms with Crippen LogP contribution in [0.25, 0.3) is 0 Å². The van der Waals surface area contributed by atoms with E-state index in [4.69, 9.17) is 9.47 Å². The normalized spacial score (nSPS) is 19.5. The number of ether oxygens (including phenoxy) is 3. The minimum atomic E-state index is -0.619. The molecule has 1 heterocycles. The molecule has 1 aliphatic rings. The lowest BCUT2D eigenvalue weighted by Gasteiger charge is -2.40. The molecular weight excluding hydrogens is 350 g/mol. The predicted molar refractivity (Wildman–Crippen MR) is 98.1 cm³/mol. The standard InChI is InChI=1S/C20H27NO6/c1-4-5-12-21-17(22)11-10-15(20(24)27-13-18(23)26-3)19(21)14-8-6-7-9-16(14)25-2/h6-9,15,19H,4-5,10-13H2,1-3H3. The number of hydrogen-bond donors (Lipinski definition) is 0. The van der Waals surface area contributed by atoms with Crippen molar-refractivity contribution >= 4 is 17.8 Å². The highest BCUT2D eigenvalue weighted by Crippen LogP contribution is 2.41. The van der Waals surface area contributed by atoms with Gasteiger partial charge in [-0.15, -0.1) is 0 Å². The maximum Gasteiger partial charge on any atom is 0.344 e. The Morgan fingerprint density at radius 1 is 1.22 bits per heavy atom. The number of carbonyl (C=O) groups is 3.